The molecule has 2 aromatic rings. The number of nitrogens with two attached hydrogens (primary N) is 1. The van der Waals surface area contributed by atoms with E-state index in [9.17, 15) is 0 Å². The van der Waals surface area contributed by atoms with Crippen molar-refractivity contribution in [1.29, 1.82) is 0 Å². The first-order chi connectivity index (χ1) is 6.27. The Morgan fingerprint density at radius 1 is 1.62 bits per heavy atom. The lowest BCUT2D eigenvalue weighted by molar-refractivity contribution is 0.790. The van der Waals surface area contributed by atoms with E-state index in [2.05, 4.69) is 20.4 Å². The Bertz CT molecular complexity index is 377. The van der Waals surface area contributed by atoms with Gasteiger partial charge in [0.2, 0.25) is 0 Å². The van der Waals surface area contributed by atoms with Crippen LogP contribution in [-0.2, 0) is 0 Å². The lowest BCUT2D eigenvalue weighted by Crippen LogP contribution is -2.04. The summed E-state index contributed by atoms with van der Waals surface area (Å²) in [6, 6.07) is -0.0306. The number of aromatic nitrogens is 4. The van der Waals surface area contributed by atoms with Gasteiger partial charge in [-0.2, -0.15) is 15.4 Å². The van der Waals surface area contributed by atoms with Crippen LogP contribution in [0.1, 0.15) is 18.7 Å². The summed E-state index contributed by atoms with van der Waals surface area (Å²) >= 11 is 1.52. The van der Waals surface area contributed by atoms with Crippen molar-refractivity contribution in [2.45, 2.75) is 13.0 Å². The summed E-state index contributed by atoms with van der Waals surface area (Å²) in [6.07, 6.45) is 1.64. The van der Waals surface area contributed by atoms with Gasteiger partial charge >= 0.3 is 0 Å². The maximum absolute atomic E-state index is 5.68. The molecule has 68 valence electrons. The molecule has 0 aliphatic rings. The minimum absolute atomic E-state index is 0.0306. The zero-order chi connectivity index (χ0) is 9.26. The number of nitrogens with zero attached hydrogens (tertiary/aromatic N) is 3. The molecule has 2 aromatic heterocycles. The number of hydrogen-bond acceptors (Lipinski definition) is 5. The predicted molar refractivity (Wildman–Crippen MR) is 50.1 cm³/mol. The molecule has 0 aromatic carbocycles. The van der Waals surface area contributed by atoms with Crippen molar-refractivity contribution in [1.82, 2.24) is 20.4 Å². The van der Waals surface area contributed by atoms with Crippen LogP contribution in [0.25, 0.3) is 10.7 Å². The molecule has 1 atom stereocenters. The smallest absolute Gasteiger partial charge is 0.145 e. The third-order valence-electron chi connectivity index (χ3n) is 1.62. The molecule has 6 heteroatoms. The van der Waals surface area contributed by atoms with Gasteiger partial charge < -0.3 is 5.73 Å². The van der Waals surface area contributed by atoms with Crippen molar-refractivity contribution in [3.05, 3.63) is 17.3 Å². The standard InChI is InChI=1S/C7H9N5S/c1-4(8)6-3-13-7(10-6)5-2-9-12-11-5/h2-4H,8H2,1H3,(H,9,11,12). The van der Waals surface area contributed by atoms with Gasteiger partial charge in [0.05, 0.1) is 11.9 Å². The normalized spacial score (nSPS) is 13.1. The minimum Gasteiger partial charge on any atom is -0.323 e. The van der Waals surface area contributed by atoms with E-state index in [0.717, 1.165) is 16.4 Å². The Balaban J connectivity index is 2.33. The number of H-pyrrole nitrogens is 1. The van der Waals surface area contributed by atoms with E-state index >= 15 is 0 Å². The third-order valence-corrected chi connectivity index (χ3v) is 2.51. The highest BCUT2D eigenvalue weighted by atomic mass is 32.1. The van der Waals surface area contributed by atoms with E-state index < -0.39 is 0 Å². The van der Waals surface area contributed by atoms with E-state index in [-0.39, 0.29) is 6.04 Å². The second-order valence-corrected chi connectivity index (χ2v) is 3.58. The predicted octanol–water partition coefficient (Wildman–Crippen LogP) is 0.948. The van der Waals surface area contributed by atoms with Crippen molar-refractivity contribution < 1.29 is 0 Å². The first kappa shape index (κ1) is 8.33. The molecule has 0 radical (unpaired) electrons. The quantitative estimate of drug-likeness (QED) is 0.747. The molecule has 0 aliphatic heterocycles. The lowest BCUT2D eigenvalue weighted by Gasteiger charge is -1.96. The minimum atomic E-state index is -0.0306. The van der Waals surface area contributed by atoms with E-state index in [1.165, 1.54) is 11.3 Å². The first-order valence-electron chi connectivity index (χ1n) is 3.84. The SMILES string of the molecule is CC(N)c1csc(-c2cn[nH]n2)n1. The molecule has 2 heterocycles. The van der Waals surface area contributed by atoms with E-state index in [4.69, 9.17) is 5.73 Å². The second-order valence-electron chi connectivity index (χ2n) is 2.72. The van der Waals surface area contributed by atoms with Gasteiger partial charge in [-0.1, -0.05) is 0 Å². The van der Waals surface area contributed by atoms with Crippen molar-refractivity contribution in [3.63, 3.8) is 0 Å². The highest BCUT2D eigenvalue weighted by Gasteiger charge is 2.08. The summed E-state index contributed by atoms with van der Waals surface area (Å²) in [5, 5.41) is 13.0. The van der Waals surface area contributed by atoms with Crippen LogP contribution < -0.4 is 5.73 Å². The highest BCUT2D eigenvalue weighted by Crippen LogP contribution is 2.22. The Labute approximate surface area is 79.0 Å². The number of aromatic amines is 1. The molecule has 3 N–H and O–H groups in total. The maximum atomic E-state index is 5.68. The van der Waals surface area contributed by atoms with Crippen LogP contribution in [0.2, 0.25) is 0 Å². The zero-order valence-electron chi connectivity index (χ0n) is 7.06. The Morgan fingerprint density at radius 3 is 3.00 bits per heavy atom. The Morgan fingerprint density at radius 2 is 2.46 bits per heavy atom. The fourth-order valence-electron chi connectivity index (χ4n) is 0.918. The van der Waals surface area contributed by atoms with E-state index in [1.807, 2.05) is 12.3 Å². The van der Waals surface area contributed by atoms with Crippen LogP contribution in [0, 0.1) is 0 Å². The lowest BCUT2D eigenvalue weighted by atomic mass is 10.3. The van der Waals surface area contributed by atoms with Gasteiger partial charge in [0.25, 0.3) is 0 Å². The fraction of sp³-hybridized carbons (Fsp3) is 0.286. The zero-order valence-corrected chi connectivity index (χ0v) is 7.88. The molecule has 2 rings (SSSR count). The van der Waals surface area contributed by atoms with Gasteiger partial charge in [-0.05, 0) is 6.92 Å². The molecule has 0 saturated heterocycles. The molecule has 0 amide bonds. The fourth-order valence-corrected chi connectivity index (χ4v) is 1.79. The Kier molecular flexibility index (Phi) is 2.07. The summed E-state index contributed by atoms with van der Waals surface area (Å²) in [4.78, 5) is 4.32. The summed E-state index contributed by atoms with van der Waals surface area (Å²) in [7, 11) is 0. The first-order valence-corrected chi connectivity index (χ1v) is 4.72. The molecular weight excluding hydrogens is 186 g/mol. The van der Waals surface area contributed by atoms with Crippen LogP contribution in [0.4, 0.5) is 0 Å². The number of nitrogens with one attached hydrogen (secondary N) is 1. The second kappa shape index (κ2) is 3.23. The van der Waals surface area contributed by atoms with Crippen LogP contribution in [0.5, 0.6) is 0 Å². The van der Waals surface area contributed by atoms with Gasteiger partial charge in [-0.25, -0.2) is 4.98 Å². The highest BCUT2D eigenvalue weighted by molar-refractivity contribution is 7.13. The largest absolute Gasteiger partial charge is 0.323 e. The summed E-state index contributed by atoms with van der Waals surface area (Å²) < 4.78 is 0. The summed E-state index contributed by atoms with van der Waals surface area (Å²) in [5.74, 6) is 0. The molecule has 5 nitrogen and oxygen atoms in total. The van der Waals surface area contributed by atoms with Crippen LogP contribution in [-0.4, -0.2) is 20.4 Å². The molecule has 0 fully saturated rings. The van der Waals surface area contributed by atoms with Gasteiger partial charge in [0.1, 0.15) is 10.7 Å². The summed E-state index contributed by atoms with van der Waals surface area (Å²) in [5.41, 5.74) is 7.33. The molecule has 0 spiro atoms. The summed E-state index contributed by atoms with van der Waals surface area (Å²) in [6.45, 7) is 1.90. The van der Waals surface area contributed by atoms with Crippen LogP contribution in [0.15, 0.2) is 11.6 Å². The number of rotatable bonds is 2. The Hall–Kier alpha value is -1.27. The molecule has 0 aliphatic carbocycles. The van der Waals surface area contributed by atoms with Crippen molar-refractivity contribution in [2.24, 2.45) is 5.73 Å². The topological polar surface area (TPSA) is 80.5 Å². The van der Waals surface area contributed by atoms with Crippen LogP contribution >= 0.6 is 11.3 Å². The van der Waals surface area contributed by atoms with Gasteiger partial charge in [-0.3, -0.25) is 0 Å². The molecule has 13 heavy (non-hydrogen) atoms. The molecule has 0 bridgehead atoms. The average Bonchev–Trinajstić information content (AvgIpc) is 2.75. The maximum Gasteiger partial charge on any atom is 0.145 e. The molecule has 1 unspecified atom stereocenters. The average molecular weight is 195 g/mol. The monoisotopic (exact) mass is 195 g/mol. The van der Waals surface area contributed by atoms with Crippen molar-refractivity contribution in [3.8, 4) is 10.7 Å². The van der Waals surface area contributed by atoms with Gasteiger partial charge in [0.15, 0.2) is 0 Å². The van der Waals surface area contributed by atoms with Crippen molar-refractivity contribution >= 4 is 11.3 Å². The van der Waals surface area contributed by atoms with Crippen molar-refractivity contribution in [2.75, 3.05) is 0 Å². The van der Waals surface area contributed by atoms with Crippen LogP contribution in [0.3, 0.4) is 0 Å². The van der Waals surface area contributed by atoms with Gasteiger partial charge in [-0.15, -0.1) is 11.3 Å². The molecule has 0 saturated carbocycles. The molecular formula is C7H9N5S. The van der Waals surface area contributed by atoms with E-state index in [0.29, 0.717) is 0 Å². The third kappa shape index (κ3) is 1.58. The number of hydrogen-bond donors (Lipinski definition) is 2. The van der Waals surface area contributed by atoms with Gasteiger partial charge in [0, 0.05) is 11.4 Å². The van der Waals surface area contributed by atoms with E-state index in [1.54, 1.807) is 6.20 Å². The number of thiazole rings is 1.